The number of hydrogen-bond donors (Lipinski definition) is 0. The van der Waals surface area contributed by atoms with E-state index in [2.05, 4.69) is 69.5 Å². The molecule has 0 radical (unpaired) electrons. The highest BCUT2D eigenvalue weighted by Crippen LogP contribution is 2.45. The van der Waals surface area contributed by atoms with E-state index in [9.17, 15) is 0 Å². The van der Waals surface area contributed by atoms with E-state index in [-0.39, 0.29) is 0 Å². The zero-order valence-corrected chi connectivity index (χ0v) is 15.6. The molecule has 3 rings (SSSR count). The van der Waals surface area contributed by atoms with Crippen molar-refractivity contribution in [3.8, 4) is 0 Å². The fourth-order valence-corrected chi connectivity index (χ4v) is 4.86. The van der Waals surface area contributed by atoms with Crippen molar-refractivity contribution >= 4 is 11.8 Å². The van der Waals surface area contributed by atoms with E-state index in [1.165, 1.54) is 44.1 Å². The van der Waals surface area contributed by atoms with Gasteiger partial charge in [0.05, 0.1) is 0 Å². The molecule has 0 saturated heterocycles. The minimum absolute atomic E-state index is 0.517. The zero-order chi connectivity index (χ0) is 17.1. The molecule has 0 heterocycles. The standard InChI is InChI=1S/C23H26S/c1-16-10-8-9-13-22(16)24-19(4)23-17(2)14-21(15-18(23)3)20-11-6-5-7-12-20/h5-7,10-13,21H,2-3,8-9,14-15H2,1,4H3. The average Bonchev–Trinajstić information content (AvgIpc) is 2.57. The zero-order valence-electron chi connectivity index (χ0n) is 14.8. The lowest BCUT2D eigenvalue weighted by Crippen LogP contribution is -2.12. The van der Waals surface area contributed by atoms with Crippen molar-refractivity contribution in [3.05, 3.63) is 93.3 Å². The van der Waals surface area contributed by atoms with Crippen LogP contribution in [0, 0.1) is 0 Å². The Labute approximate surface area is 150 Å². The van der Waals surface area contributed by atoms with Gasteiger partial charge in [0.25, 0.3) is 0 Å². The molecule has 0 unspecified atom stereocenters. The van der Waals surface area contributed by atoms with Gasteiger partial charge in [-0.25, -0.2) is 0 Å². The van der Waals surface area contributed by atoms with Crippen LogP contribution >= 0.6 is 11.8 Å². The average molecular weight is 335 g/mol. The summed E-state index contributed by atoms with van der Waals surface area (Å²) in [5, 5.41) is 0. The summed E-state index contributed by atoms with van der Waals surface area (Å²) < 4.78 is 0. The second kappa shape index (κ2) is 7.44. The lowest BCUT2D eigenvalue weighted by atomic mass is 9.76. The first-order valence-electron chi connectivity index (χ1n) is 8.73. The van der Waals surface area contributed by atoms with Crippen LogP contribution in [-0.2, 0) is 0 Å². The molecule has 0 spiro atoms. The monoisotopic (exact) mass is 334 g/mol. The molecule has 0 bridgehead atoms. The van der Waals surface area contributed by atoms with Gasteiger partial charge < -0.3 is 0 Å². The minimum Gasteiger partial charge on any atom is -0.0952 e. The summed E-state index contributed by atoms with van der Waals surface area (Å²) >= 11 is 1.89. The third kappa shape index (κ3) is 3.67. The van der Waals surface area contributed by atoms with Gasteiger partial charge in [-0.3, -0.25) is 0 Å². The van der Waals surface area contributed by atoms with Gasteiger partial charge in [0, 0.05) is 4.91 Å². The van der Waals surface area contributed by atoms with Crippen molar-refractivity contribution < 1.29 is 0 Å². The fourth-order valence-electron chi connectivity index (χ4n) is 3.69. The maximum Gasteiger partial charge on any atom is 0.0105 e. The molecule has 0 nitrogen and oxygen atoms in total. The summed E-state index contributed by atoms with van der Waals surface area (Å²) in [7, 11) is 0. The van der Waals surface area contributed by atoms with Gasteiger partial charge in [-0.1, -0.05) is 67.4 Å². The van der Waals surface area contributed by atoms with Crippen molar-refractivity contribution in [3.63, 3.8) is 0 Å². The van der Waals surface area contributed by atoms with Gasteiger partial charge in [-0.15, -0.1) is 0 Å². The van der Waals surface area contributed by atoms with E-state index >= 15 is 0 Å². The van der Waals surface area contributed by atoms with E-state index in [1.54, 1.807) is 0 Å². The van der Waals surface area contributed by atoms with E-state index in [0.29, 0.717) is 5.92 Å². The molecule has 1 fully saturated rings. The van der Waals surface area contributed by atoms with E-state index in [0.717, 1.165) is 19.3 Å². The molecular formula is C23H26S. The van der Waals surface area contributed by atoms with Crippen LogP contribution in [0.2, 0.25) is 0 Å². The van der Waals surface area contributed by atoms with Crippen LogP contribution in [0.15, 0.2) is 87.7 Å². The Hall–Kier alpha value is -1.73. The quantitative estimate of drug-likeness (QED) is 0.558. The first-order chi connectivity index (χ1) is 11.6. The van der Waals surface area contributed by atoms with Crippen LogP contribution < -0.4 is 0 Å². The molecule has 1 heteroatoms. The minimum atomic E-state index is 0.517. The molecular weight excluding hydrogens is 308 g/mol. The third-order valence-corrected chi connectivity index (χ3v) is 6.13. The Morgan fingerprint density at radius 3 is 2.25 bits per heavy atom. The summed E-state index contributed by atoms with van der Waals surface area (Å²) in [6.45, 7) is 13.2. The van der Waals surface area contributed by atoms with Gasteiger partial charge in [-0.2, -0.15) is 0 Å². The summed E-state index contributed by atoms with van der Waals surface area (Å²) in [4.78, 5) is 2.74. The molecule has 124 valence electrons. The molecule has 0 aromatic heterocycles. The molecule has 24 heavy (non-hydrogen) atoms. The number of hydrogen-bond acceptors (Lipinski definition) is 1. The summed E-state index contributed by atoms with van der Waals surface area (Å²) in [6.07, 6.45) is 9.10. The van der Waals surface area contributed by atoms with Crippen LogP contribution in [-0.4, -0.2) is 0 Å². The Balaban J connectivity index is 1.80. The van der Waals surface area contributed by atoms with Crippen molar-refractivity contribution in [2.75, 3.05) is 0 Å². The topological polar surface area (TPSA) is 0 Å². The van der Waals surface area contributed by atoms with Gasteiger partial charge in [0.2, 0.25) is 0 Å². The number of benzene rings is 1. The molecule has 0 aliphatic heterocycles. The molecule has 1 aromatic carbocycles. The predicted molar refractivity (Wildman–Crippen MR) is 108 cm³/mol. The van der Waals surface area contributed by atoms with Crippen molar-refractivity contribution in [1.29, 1.82) is 0 Å². The molecule has 2 aliphatic rings. The Kier molecular flexibility index (Phi) is 5.30. The molecule has 0 amide bonds. The van der Waals surface area contributed by atoms with Gasteiger partial charge in [0.1, 0.15) is 0 Å². The number of rotatable bonds is 3. The predicted octanol–water partition coefficient (Wildman–Crippen LogP) is 7.31. The molecule has 1 saturated carbocycles. The maximum atomic E-state index is 4.39. The fraction of sp³-hybridized carbons (Fsp3) is 0.304. The molecule has 2 aliphatic carbocycles. The first kappa shape index (κ1) is 17.1. The van der Waals surface area contributed by atoms with Crippen molar-refractivity contribution in [2.45, 2.75) is 45.4 Å². The third-order valence-electron chi connectivity index (χ3n) is 4.91. The largest absolute Gasteiger partial charge is 0.0952 e. The second-order valence-corrected chi connectivity index (χ2v) is 8.05. The summed E-state index contributed by atoms with van der Waals surface area (Å²) in [5.74, 6) is 0.517. The second-order valence-electron chi connectivity index (χ2n) is 6.79. The smallest absolute Gasteiger partial charge is 0.0105 e. The lowest BCUT2D eigenvalue weighted by Gasteiger charge is -2.30. The number of allylic oxidation sites excluding steroid dienone is 7. The number of thioether (sulfide) groups is 1. The molecule has 0 N–H and O–H groups in total. The normalized spacial score (nSPS) is 21.4. The summed E-state index contributed by atoms with van der Waals surface area (Å²) in [6, 6.07) is 10.8. The van der Waals surface area contributed by atoms with Gasteiger partial charge in [0.15, 0.2) is 0 Å². The van der Waals surface area contributed by atoms with Gasteiger partial charge >= 0.3 is 0 Å². The highest BCUT2D eigenvalue weighted by molar-refractivity contribution is 8.07. The highest BCUT2D eigenvalue weighted by atomic mass is 32.2. The first-order valence-corrected chi connectivity index (χ1v) is 9.55. The van der Waals surface area contributed by atoms with Crippen LogP contribution in [0.4, 0.5) is 0 Å². The Bertz CT molecular complexity index is 723. The van der Waals surface area contributed by atoms with Crippen LogP contribution in [0.1, 0.15) is 51.0 Å². The highest BCUT2D eigenvalue weighted by Gasteiger charge is 2.25. The maximum absolute atomic E-state index is 4.39. The van der Waals surface area contributed by atoms with E-state index in [1.807, 2.05) is 11.8 Å². The van der Waals surface area contributed by atoms with E-state index < -0.39 is 0 Å². The van der Waals surface area contributed by atoms with Crippen molar-refractivity contribution in [1.82, 2.24) is 0 Å². The molecule has 1 aromatic rings. The van der Waals surface area contributed by atoms with Crippen LogP contribution in [0.5, 0.6) is 0 Å². The van der Waals surface area contributed by atoms with Gasteiger partial charge in [-0.05, 0) is 78.2 Å². The lowest BCUT2D eigenvalue weighted by molar-refractivity contribution is 0.651. The Morgan fingerprint density at radius 2 is 1.62 bits per heavy atom. The Morgan fingerprint density at radius 1 is 1.00 bits per heavy atom. The van der Waals surface area contributed by atoms with Crippen LogP contribution in [0.3, 0.4) is 0 Å². The van der Waals surface area contributed by atoms with Crippen LogP contribution in [0.25, 0.3) is 0 Å². The van der Waals surface area contributed by atoms with E-state index in [4.69, 9.17) is 0 Å². The molecule has 0 atom stereocenters. The van der Waals surface area contributed by atoms with Crippen molar-refractivity contribution in [2.24, 2.45) is 0 Å². The summed E-state index contributed by atoms with van der Waals surface area (Å²) in [5.41, 5.74) is 6.59. The SMILES string of the molecule is C=C1CC(c2ccccc2)CC(=C)C1=C(C)SC1=CCCC=C1C.